The van der Waals surface area contributed by atoms with Gasteiger partial charge in [0.25, 0.3) is 0 Å². The molecule has 0 spiro atoms. The quantitative estimate of drug-likeness (QED) is 0.302. The Morgan fingerprint density at radius 2 is 1.17 bits per heavy atom. The molecule has 0 aromatic rings. The van der Waals surface area contributed by atoms with E-state index in [9.17, 15) is 0 Å². The van der Waals surface area contributed by atoms with Gasteiger partial charge in [0, 0.05) is 0 Å². The first-order valence-electron chi connectivity index (χ1n) is 8.72. The van der Waals surface area contributed by atoms with Gasteiger partial charge in [-0.05, 0) is 78.9 Å². The van der Waals surface area contributed by atoms with E-state index in [0.717, 1.165) is 0 Å². The molecule has 0 aromatic carbocycles. The molecule has 1 aliphatic heterocycles. The summed E-state index contributed by atoms with van der Waals surface area (Å²) in [6.45, 7) is 8.54. The van der Waals surface area contributed by atoms with Crippen molar-refractivity contribution < 1.29 is 58.9 Å². The molecule has 0 aromatic heterocycles. The molecule has 1 aliphatic rings. The average Bonchev–Trinajstić information content (AvgIpc) is 2.43. The van der Waals surface area contributed by atoms with Gasteiger partial charge in [0.1, 0.15) is 0 Å². The van der Waals surface area contributed by atoms with Crippen LogP contribution in [0.25, 0.3) is 0 Å². The van der Waals surface area contributed by atoms with Crippen LogP contribution in [0.4, 0.5) is 0 Å². The van der Waals surface area contributed by atoms with Crippen molar-refractivity contribution in [1.29, 1.82) is 0 Å². The molecule has 0 saturated carbocycles. The monoisotopic (exact) mass is 435 g/mol. The van der Waals surface area contributed by atoms with E-state index in [1.54, 1.807) is 0 Å². The summed E-state index contributed by atoms with van der Waals surface area (Å²) >= 11 is 0. The third-order valence-electron chi connectivity index (χ3n) is 4.19. The van der Waals surface area contributed by atoms with E-state index >= 15 is 0 Å². The van der Waals surface area contributed by atoms with E-state index < -0.39 is 0 Å². The van der Waals surface area contributed by atoms with Crippen LogP contribution in [0.3, 0.4) is 0 Å². The molecule has 0 aliphatic carbocycles. The van der Waals surface area contributed by atoms with Crippen LogP contribution in [-0.4, -0.2) is 56.6 Å². The van der Waals surface area contributed by atoms with Crippen LogP contribution in [0.1, 0.15) is 57.8 Å². The maximum Gasteiger partial charge on any atom is 4.00 e. The summed E-state index contributed by atoms with van der Waals surface area (Å²) in [5, 5.41) is 3.57. The Balaban J connectivity index is -0.000000500. The standard InChI is InChI=1S/C17H36N3.3ClH.Ti/c1-19-14-8-3-6-12-18-13-7-4-9-15-20(2)17-11-5-10-16-19;;;;/h14,18H,3-13,15-17H2,1-2H3;3*1H;/q-1;;;;+4/p-3. The van der Waals surface area contributed by atoms with Crippen LogP contribution in [0.5, 0.6) is 0 Å². The summed E-state index contributed by atoms with van der Waals surface area (Å²) in [4.78, 5) is 4.90. The SMILES string of the molecule is CN1[CH-]CCCCNCCCCCN(C)CCCCC1.[Cl-].[Cl-].[Cl-].[Ti+4]. The zero-order chi connectivity index (χ0) is 14.5. The number of nitrogens with one attached hydrogen (secondary N) is 1. The van der Waals surface area contributed by atoms with E-state index in [0.29, 0.717) is 0 Å². The van der Waals surface area contributed by atoms with Crippen molar-refractivity contribution in [1.82, 2.24) is 15.1 Å². The Morgan fingerprint density at radius 3 is 1.79 bits per heavy atom. The van der Waals surface area contributed by atoms with E-state index in [1.165, 1.54) is 90.5 Å². The minimum absolute atomic E-state index is 0. The molecule has 0 unspecified atom stereocenters. The van der Waals surface area contributed by atoms with Gasteiger partial charge >= 0.3 is 21.7 Å². The second-order valence-corrected chi connectivity index (χ2v) is 6.33. The van der Waals surface area contributed by atoms with Crippen LogP contribution in [0.2, 0.25) is 0 Å². The smallest absolute Gasteiger partial charge is 1.00 e. The Morgan fingerprint density at radius 1 is 0.667 bits per heavy atom. The Bertz CT molecular complexity index is 207. The number of halogens is 3. The first kappa shape index (κ1) is 33.1. The van der Waals surface area contributed by atoms with Gasteiger partial charge in [-0.3, -0.25) is 6.54 Å². The van der Waals surface area contributed by atoms with Crippen LogP contribution in [-0.2, 0) is 21.7 Å². The molecule has 1 fully saturated rings. The summed E-state index contributed by atoms with van der Waals surface area (Å²) in [5.74, 6) is 0. The summed E-state index contributed by atoms with van der Waals surface area (Å²) < 4.78 is 0. The fourth-order valence-corrected chi connectivity index (χ4v) is 2.76. The van der Waals surface area contributed by atoms with Crippen molar-refractivity contribution in [2.24, 2.45) is 0 Å². The van der Waals surface area contributed by atoms with Gasteiger partial charge < -0.3 is 52.3 Å². The fraction of sp³-hybridized carbons (Fsp3) is 0.941. The van der Waals surface area contributed by atoms with E-state index in [4.69, 9.17) is 0 Å². The number of nitrogens with zero attached hydrogens (tertiary/aromatic N) is 2. The first-order valence-corrected chi connectivity index (χ1v) is 8.72. The maximum atomic E-state index is 3.57. The Hall–Kier alpha value is 1.46. The number of rotatable bonds is 0. The Labute approximate surface area is 184 Å². The van der Waals surface area contributed by atoms with Crippen molar-refractivity contribution in [2.45, 2.75) is 57.8 Å². The van der Waals surface area contributed by atoms with Gasteiger partial charge in [0.15, 0.2) is 0 Å². The normalized spacial score (nSPS) is 20.8. The topological polar surface area (TPSA) is 18.5 Å². The molecule has 0 radical (unpaired) electrons. The summed E-state index contributed by atoms with van der Waals surface area (Å²) in [5.41, 5.74) is 0. The molecule has 7 heteroatoms. The second-order valence-electron chi connectivity index (χ2n) is 6.33. The predicted molar refractivity (Wildman–Crippen MR) is 88.8 cm³/mol. The van der Waals surface area contributed by atoms with Gasteiger partial charge in [-0.15, -0.1) is 0 Å². The van der Waals surface area contributed by atoms with Gasteiger partial charge in [-0.2, -0.15) is 6.42 Å². The first-order chi connectivity index (χ1) is 9.79. The summed E-state index contributed by atoms with van der Waals surface area (Å²) in [6, 6.07) is 0. The van der Waals surface area contributed by atoms with Gasteiger partial charge in [0.2, 0.25) is 0 Å². The molecule has 0 amide bonds. The molecule has 1 rings (SSSR count). The van der Waals surface area contributed by atoms with Crippen molar-refractivity contribution >= 4 is 0 Å². The van der Waals surface area contributed by atoms with Crippen LogP contribution >= 0.6 is 0 Å². The van der Waals surface area contributed by atoms with Gasteiger partial charge in [-0.25, -0.2) is 0 Å². The summed E-state index contributed by atoms with van der Waals surface area (Å²) in [7, 11) is 4.50. The summed E-state index contributed by atoms with van der Waals surface area (Å²) in [6.07, 6.45) is 12.0. The van der Waals surface area contributed by atoms with Crippen molar-refractivity contribution in [3.8, 4) is 0 Å². The van der Waals surface area contributed by atoms with Crippen molar-refractivity contribution in [3.05, 3.63) is 6.54 Å². The van der Waals surface area contributed by atoms with Crippen LogP contribution in [0, 0.1) is 6.54 Å². The van der Waals surface area contributed by atoms with Gasteiger partial charge in [-0.1, -0.05) is 19.3 Å². The van der Waals surface area contributed by atoms with Crippen molar-refractivity contribution in [3.63, 3.8) is 0 Å². The van der Waals surface area contributed by atoms with E-state index in [-0.39, 0.29) is 58.9 Å². The fourth-order valence-electron chi connectivity index (χ4n) is 2.76. The molecule has 3 nitrogen and oxygen atoms in total. The molecular weight excluding hydrogens is 400 g/mol. The largest absolute Gasteiger partial charge is 4.00 e. The van der Waals surface area contributed by atoms with E-state index in [2.05, 4.69) is 35.8 Å². The zero-order valence-electron chi connectivity index (χ0n) is 15.5. The second kappa shape index (κ2) is 24.5. The molecule has 1 N–H and O–H groups in total. The molecule has 0 bridgehead atoms. The molecule has 1 saturated heterocycles. The number of hydrogen-bond donors (Lipinski definition) is 1. The third-order valence-corrected chi connectivity index (χ3v) is 4.19. The minimum atomic E-state index is 0. The predicted octanol–water partition coefficient (Wildman–Crippen LogP) is -5.86. The van der Waals surface area contributed by atoms with Gasteiger partial charge in [0.05, 0.1) is 0 Å². The van der Waals surface area contributed by atoms with Crippen molar-refractivity contribution in [2.75, 3.05) is 46.8 Å². The van der Waals surface area contributed by atoms with Crippen LogP contribution < -0.4 is 42.5 Å². The van der Waals surface area contributed by atoms with Crippen LogP contribution in [0.15, 0.2) is 0 Å². The zero-order valence-corrected chi connectivity index (χ0v) is 19.3. The third kappa shape index (κ3) is 21.5. The van der Waals surface area contributed by atoms with E-state index in [1.807, 2.05) is 0 Å². The Kier molecular flexibility index (Phi) is 33.7. The molecule has 0 atom stereocenters. The molecule has 144 valence electrons. The number of hydrogen-bond acceptors (Lipinski definition) is 3. The molecular formula is C17H36Cl3N3Ti. The average molecular weight is 437 g/mol. The molecule has 24 heavy (non-hydrogen) atoms. The molecule has 1 heterocycles. The minimum Gasteiger partial charge on any atom is -1.00 e. The maximum absolute atomic E-state index is 3.57.